The van der Waals surface area contributed by atoms with Crippen LogP contribution in [0, 0.1) is 6.92 Å². The van der Waals surface area contributed by atoms with E-state index < -0.39 is 0 Å². The van der Waals surface area contributed by atoms with Crippen molar-refractivity contribution in [3.05, 3.63) is 29.8 Å². The topological polar surface area (TPSA) is 69.6 Å². The molecule has 0 spiro atoms. The van der Waals surface area contributed by atoms with Crippen molar-refractivity contribution in [2.24, 2.45) is 12.8 Å². The number of aromatic nitrogens is 4. The smallest absolute Gasteiger partial charge is 0.195 e. The fourth-order valence-electron chi connectivity index (χ4n) is 1.46. The van der Waals surface area contributed by atoms with Crippen LogP contribution < -0.4 is 5.73 Å². The monoisotopic (exact) mass is 263 g/mol. The van der Waals surface area contributed by atoms with E-state index >= 15 is 0 Å². The van der Waals surface area contributed by atoms with Gasteiger partial charge in [0.2, 0.25) is 0 Å². The van der Waals surface area contributed by atoms with Gasteiger partial charge in [-0.3, -0.25) is 4.98 Å². The molecule has 2 heterocycles. The standard InChI is InChI=1S/C12H17N5S/c1-4-10(13)11-6-5-9(7-14-11)18-12-16-15-8(2)17(12)3/h5-7,10H,4,13H2,1-3H3/t10-/m0/s1. The maximum absolute atomic E-state index is 5.93. The molecule has 0 radical (unpaired) electrons. The van der Waals surface area contributed by atoms with Crippen LogP contribution in [0.1, 0.15) is 30.9 Å². The molecule has 96 valence electrons. The summed E-state index contributed by atoms with van der Waals surface area (Å²) in [5.41, 5.74) is 6.86. The van der Waals surface area contributed by atoms with Gasteiger partial charge in [0.05, 0.1) is 5.69 Å². The quantitative estimate of drug-likeness (QED) is 0.914. The Morgan fingerprint density at radius 3 is 2.67 bits per heavy atom. The molecule has 0 fully saturated rings. The van der Waals surface area contributed by atoms with Crippen molar-refractivity contribution in [1.29, 1.82) is 0 Å². The molecule has 1 atom stereocenters. The van der Waals surface area contributed by atoms with E-state index in [1.807, 2.05) is 36.9 Å². The van der Waals surface area contributed by atoms with Gasteiger partial charge in [0.25, 0.3) is 0 Å². The van der Waals surface area contributed by atoms with Crippen molar-refractivity contribution in [1.82, 2.24) is 19.7 Å². The average Bonchev–Trinajstić information content (AvgIpc) is 2.71. The summed E-state index contributed by atoms with van der Waals surface area (Å²) < 4.78 is 1.95. The third kappa shape index (κ3) is 2.70. The van der Waals surface area contributed by atoms with Crippen LogP contribution in [-0.4, -0.2) is 19.7 Å². The first-order valence-corrected chi connectivity index (χ1v) is 6.68. The van der Waals surface area contributed by atoms with Crippen molar-refractivity contribution in [2.75, 3.05) is 0 Å². The summed E-state index contributed by atoms with van der Waals surface area (Å²) in [6.45, 7) is 3.98. The molecule has 2 rings (SSSR count). The van der Waals surface area contributed by atoms with Crippen LogP contribution in [0.25, 0.3) is 0 Å². The van der Waals surface area contributed by atoms with Gasteiger partial charge in [-0.25, -0.2) is 0 Å². The zero-order valence-corrected chi connectivity index (χ0v) is 11.6. The fourth-order valence-corrected chi connectivity index (χ4v) is 2.27. The van der Waals surface area contributed by atoms with E-state index in [2.05, 4.69) is 22.1 Å². The molecular formula is C12H17N5S. The lowest BCUT2D eigenvalue weighted by Gasteiger charge is -2.08. The van der Waals surface area contributed by atoms with Gasteiger partial charge in [0.1, 0.15) is 5.82 Å². The lowest BCUT2D eigenvalue weighted by Crippen LogP contribution is -2.10. The first kappa shape index (κ1) is 13.0. The fraction of sp³-hybridized carbons (Fsp3) is 0.417. The average molecular weight is 263 g/mol. The molecule has 0 bridgehead atoms. The molecule has 0 aliphatic heterocycles. The maximum atomic E-state index is 5.93. The first-order valence-electron chi connectivity index (χ1n) is 5.87. The van der Waals surface area contributed by atoms with E-state index in [0.717, 1.165) is 28.0 Å². The number of nitrogens with two attached hydrogens (primary N) is 1. The lowest BCUT2D eigenvalue weighted by molar-refractivity contribution is 0.674. The zero-order valence-electron chi connectivity index (χ0n) is 10.8. The van der Waals surface area contributed by atoms with E-state index in [-0.39, 0.29) is 6.04 Å². The van der Waals surface area contributed by atoms with Crippen LogP contribution in [0.5, 0.6) is 0 Å². The van der Waals surface area contributed by atoms with Crippen molar-refractivity contribution in [3.8, 4) is 0 Å². The van der Waals surface area contributed by atoms with Crippen LogP contribution in [0.3, 0.4) is 0 Å². The highest BCUT2D eigenvalue weighted by molar-refractivity contribution is 7.99. The minimum absolute atomic E-state index is 0.0149. The summed E-state index contributed by atoms with van der Waals surface area (Å²) in [6.07, 6.45) is 2.72. The predicted octanol–water partition coefficient (Wildman–Crippen LogP) is 2.08. The maximum Gasteiger partial charge on any atom is 0.195 e. The molecule has 0 saturated heterocycles. The van der Waals surface area contributed by atoms with Crippen molar-refractivity contribution >= 4 is 11.8 Å². The Bertz CT molecular complexity index is 520. The molecule has 0 saturated carbocycles. The normalized spacial score (nSPS) is 12.7. The number of hydrogen-bond acceptors (Lipinski definition) is 5. The molecule has 5 nitrogen and oxygen atoms in total. The van der Waals surface area contributed by atoms with Gasteiger partial charge in [0, 0.05) is 24.2 Å². The molecule has 0 amide bonds. The highest BCUT2D eigenvalue weighted by Crippen LogP contribution is 2.26. The Hall–Kier alpha value is -1.40. The molecule has 0 aliphatic rings. The number of pyridine rings is 1. The summed E-state index contributed by atoms with van der Waals surface area (Å²) in [5, 5.41) is 8.99. The molecule has 0 aliphatic carbocycles. The number of aryl methyl sites for hydroxylation is 1. The van der Waals surface area contributed by atoms with Crippen LogP contribution in [-0.2, 0) is 7.05 Å². The molecule has 2 N–H and O–H groups in total. The second-order valence-electron chi connectivity index (χ2n) is 4.12. The number of nitrogens with zero attached hydrogens (tertiary/aromatic N) is 4. The van der Waals surface area contributed by atoms with Crippen LogP contribution >= 0.6 is 11.8 Å². The predicted molar refractivity (Wildman–Crippen MR) is 71.3 cm³/mol. The van der Waals surface area contributed by atoms with Crippen LogP contribution in [0.2, 0.25) is 0 Å². The lowest BCUT2D eigenvalue weighted by atomic mass is 10.1. The third-order valence-corrected chi connectivity index (χ3v) is 3.86. The summed E-state index contributed by atoms with van der Waals surface area (Å²) in [6, 6.07) is 4.01. The van der Waals surface area contributed by atoms with E-state index in [1.165, 1.54) is 0 Å². The second kappa shape index (κ2) is 5.49. The summed E-state index contributed by atoms with van der Waals surface area (Å²) >= 11 is 1.55. The minimum atomic E-state index is 0.0149. The Kier molecular flexibility index (Phi) is 3.98. The van der Waals surface area contributed by atoms with Gasteiger partial charge in [-0.1, -0.05) is 6.92 Å². The van der Waals surface area contributed by atoms with Gasteiger partial charge in [-0.15, -0.1) is 10.2 Å². The molecular weight excluding hydrogens is 246 g/mol. The molecule has 18 heavy (non-hydrogen) atoms. The second-order valence-corrected chi connectivity index (χ2v) is 5.17. The highest BCUT2D eigenvalue weighted by Gasteiger charge is 2.08. The Balaban J connectivity index is 2.13. The summed E-state index contributed by atoms with van der Waals surface area (Å²) in [4.78, 5) is 5.42. The molecule has 6 heteroatoms. The minimum Gasteiger partial charge on any atom is -0.323 e. The first-order chi connectivity index (χ1) is 8.61. The van der Waals surface area contributed by atoms with Crippen LogP contribution in [0.15, 0.2) is 28.4 Å². The Morgan fingerprint density at radius 2 is 2.17 bits per heavy atom. The molecule has 2 aromatic rings. The van der Waals surface area contributed by atoms with E-state index in [9.17, 15) is 0 Å². The largest absolute Gasteiger partial charge is 0.323 e. The molecule has 0 unspecified atom stereocenters. The van der Waals surface area contributed by atoms with Crippen molar-refractivity contribution in [2.45, 2.75) is 36.4 Å². The number of rotatable bonds is 4. The summed E-state index contributed by atoms with van der Waals surface area (Å²) in [7, 11) is 1.95. The molecule has 0 aromatic carbocycles. The Morgan fingerprint density at radius 1 is 1.39 bits per heavy atom. The van der Waals surface area contributed by atoms with Gasteiger partial charge in [-0.2, -0.15) is 0 Å². The van der Waals surface area contributed by atoms with E-state index in [4.69, 9.17) is 5.73 Å². The van der Waals surface area contributed by atoms with E-state index in [0.29, 0.717) is 0 Å². The summed E-state index contributed by atoms with van der Waals surface area (Å²) in [5.74, 6) is 0.898. The number of hydrogen-bond donors (Lipinski definition) is 1. The van der Waals surface area contributed by atoms with Gasteiger partial charge in [-0.05, 0) is 37.2 Å². The SMILES string of the molecule is CC[C@H](N)c1ccc(Sc2nnc(C)n2C)cn1. The van der Waals surface area contributed by atoms with Crippen molar-refractivity contribution < 1.29 is 0 Å². The van der Waals surface area contributed by atoms with Gasteiger partial charge >= 0.3 is 0 Å². The van der Waals surface area contributed by atoms with E-state index in [1.54, 1.807) is 11.8 Å². The third-order valence-electron chi connectivity index (χ3n) is 2.84. The molecule has 2 aromatic heterocycles. The zero-order chi connectivity index (χ0) is 13.1. The highest BCUT2D eigenvalue weighted by atomic mass is 32.2. The van der Waals surface area contributed by atoms with Gasteiger partial charge in [0.15, 0.2) is 5.16 Å². The van der Waals surface area contributed by atoms with Gasteiger partial charge < -0.3 is 10.3 Å². The Labute approximate surface area is 111 Å². The van der Waals surface area contributed by atoms with Crippen LogP contribution in [0.4, 0.5) is 0 Å². The van der Waals surface area contributed by atoms with Crippen molar-refractivity contribution in [3.63, 3.8) is 0 Å².